The van der Waals surface area contributed by atoms with Gasteiger partial charge in [-0.1, -0.05) is 0 Å². The Labute approximate surface area is 116 Å². The number of carboxylic acids is 1. The maximum atomic E-state index is 11.0. The summed E-state index contributed by atoms with van der Waals surface area (Å²) in [6.45, 7) is 6.47. The molecule has 7 heteroatoms. The molecule has 0 aliphatic carbocycles. The van der Waals surface area contributed by atoms with Crippen molar-refractivity contribution in [3.63, 3.8) is 0 Å². The van der Waals surface area contributed by atoms with Gasteiger partial charge in [0.2, 0.25) is 0 Å². The van der Waals surface area contributed by atoms with Crippen molar-refractivity contribution in [3.8, 4) is 0 Å². The number of carboxylic acid groups (broad SMARTS) is 1. The second kappa shape index (κ2) is 5.09. The lowest BCUT2D eigenvalue weighted by atomic mass is 9.85. The Kier molecular flexibility index (Phi) is 4.04. The van der Waals surface area contributed by atoms with Crippen LogP contribution in [-0.2, 0) is 0 Å². The monoisotopic (exact) mass is 282 g/mol. The second-order valence-corrected chi connectivity index (χ2v) is 5.60. The number of hydrogen-bond acceptors (Lipinski definition) is 5. The summed E-state index contributed by atoms with van der Waals surface area (Å²) in [5.41, 5.74) is -2.31. The van der Waals surface area contributed by atoms with Crippen molar-refractivity contribution < 1.29 is 19.9 Å². The molecule has 0 aromatic heterocycles. The van der Waals surface area contributed by atoms with E-state index in [9.17, 15) is 20.0 Å². The summed E-state index contributed by atoms with van der Waals surface area (Å²) < 4.78 is 0. The summed E-state index contributed by atoms with van der Waals surface area (Å²) in [4.78, 5) is 21.3. The van der Waals surface area contributed by atoms with Gasteiger partial charge in [-0.05, 0) is 39.8 Å². The van der Waals surface area contributed by atoms with E-state index < -0.39 is 22.0 Å². The molecule has 7 nitrogen and oxygen atoms in total. The molecule has 0 bridgehead atoms. The molecule has 3 N–H and O–H groups in total. The van der Waals surface area contributed by atoms with Crippen molar-refractivity contribution >= 4 is 17.3 Å². The van der Waals surface area contributed by atoms with Gasteiger partial charge in [0.1, 0.15) is 5.69 Å². The molecule has 0 aliphatic heterocycles. The van der Waals surface area contributed by atoms with Crippen LogP contribution in [0.25, 0.3) is 0 Å². The molecular formula is C13H18N2O5. The van der Waals surface area contributed by atoms with Gasteiger partial charge in [0.15, 0.2) is 0 Å². The minimum atomic E-state index is -1.18. The molecular weight excluding hydrogens is 264 g/mol. The molecule has 110 valence electrons. The molecule has 20 heavy (non-hydrogen) atoms. The fraction of sp³-hybridized carbons (Fsp3) is 0.462. The number of anilines is 1. The van der Waals surface area contributed by atoms with Crippen LogP contribution in [0, 0.1) is 10.1 Å². The Morgan fingerprint density at radius 2 is 1.85 bits per heavy atom. The Bertz CT molecular complexity index is 546. The lowest BCUT2D eigenvalue weighted by Gasteiger charge is -2.38. The Morgan fingerprint density at radius 3 is 2.25 bits per heavy atom. The third-order valence-corrected chi connectivity index (χ3v) is 3.42. The SMILES string of the molecule is CC(C)(O)C(C)(C)Nc1cc(C(=O)O)ccc1[N+](=O)[O-]. The van der Waals surface area contributed by atoms with Crippen molar-refractivity contribution in [3.05, 3.63) is 33.9 Å². The normalized spacial score (nSPS) is 12.1. The van der Waals surface area contributed by atoms with Crippen LogP contribution in [0.2, 0.25) is 0 Å². The summed E-state index contributed by atoms with van der Waals surface area (Å²) in [6.07, 6.45) is 0. The van der Waals surface area contributed by atoms with Crippen LogP contribution in [-0.4, -0.2) is 32.2 Å². The molecule has 1 aromatic rings. The minimum absolute atomic E-state index is 0.0574. The summed E-state index contributed by atoms with van der Waals surface area (Å²) in [6, 6.07) is 3.49. The Balaban J connectivity index is 3.31. The summed E-state index contributed by atoms with van der Waals surface area (Å²) in [7, 11) is 0. The van der Waals surface area contributed by atoms with E-state index in [0.717, 1.165) is 6.07 Å². The predicted octanol–water partition coefficient (Wildman–Crippen LogP) is 2.25. The van der Waals surface area contributed by atoms with Crippen LogP contribution >= 0.6 is 0 Å². The number of rotatable bonds is 5. The second-order valence-electron chi connectivity index (χ2n) is 5.60. The lowest BCUT2D eigenvalue weighted by Crippen LogP contribution is -2.51. The van der Waals surface area contributed by atoms with Gasteiger partial charge < -0.3 is 15.5 Å². The van der Waals surface area contributed by atoms with E-state index in [-0.39, 0.29) is 16.9 Å². The van der Waals surface area contributed by atoms with E-state index in [1.807, 2.05) is 0 Å². The molecule has 1 aromatic carbocycles. The summed E-state index contributed by atoms with van der Waals surface area (Å²) in [5, 5.41) is 32.9. The number of nitrogens with zero attached hydrogens (tertiary/aromatic N) is 1. The topological polar surface area (TPSA) is 113 Å². The zero-order valence-corrected chi connectivity index (χ0v) is 11.8. The van der Waals surface area contributed by atoms with Crippen molar-refractivity contribution in [1.29, 1.82) is 0 Å². The zero-order valence-electron chi connectivity index (χ0n) is 11.8. The van der Waals surface area contributed by atoms with Gasteiger partial charge in [0.05, 0.1) is 21.6 Å². The van der Waals surface area contributed by atoms with Gasteiger partial charge in [-0.3, -0.25) is 10.1 Å². The van der Waals surface area contributed by atoms with Gasteiger partial charge in [-0.25, -0.2) is 4.79 Å². The van der Waals surface area contributed by atoms with Crippen LogP contribution < -0.4 is 5.32 Å². The van der Waals surface area contributed by atoms with Crippen LogP contribution in [0.4, 0.5) is 11.4 Å². The first-order valence-corrected chi connectivity index (χ1v) is 5.98. The van der Waals surface area contributed by atoms with E-state index in [1.165, 1.54) is 12.1 Å². The van der Waals surface area contributed by atoms with Gasteiger partial charge in [0.25, 0.3) is 5.69 Å². The fourth-order valence-electron chi connectivity index (χ4n) is 1.42. The fourth-order valence-corrected chi connectivity index (χ4v) is 1.42. The van der Waals surface area contributed by atoms with Gasteiger partial charge in [0, 0.05) is 6.07 Å². The molecule has 0 aliphatic rings. The van der Waals surface area contributed by atoms with E-state index in [4.69, 9.17) is 5.11 Å². The molecule has 0 heterocycles. The number of aliphatic hydroxyl groups is 1. The number of hydrogen-bond donors (Lipinski definition) is 3. The van der Waals surface area contributed by atoms with Gasteiger partial charge in [-0.2, -0.15) is 0 Å². The van der Waals surface area contributed by atoms with E-state index in [2.05, 4.69) is 5.32 Å². The van der Waals surface area contributed by atoms with E-state index >= 15 is 0 Å². The quantitative estimate of drug-likeness (QED) is 0.564. The summed E-state index contributed by atoms with van der Waals surface area (Å²) in [5.74, 6) is -1.18. The molecule has 0 spiro atoms. The van der Waals surface area contributed by atoms with Crippen molar-refractivity contribution in [2.45, 2.75) is 38.8 Å². The smallest absolute Gasteiger partial charge is 0.335 e. The number of carbonyl (C=O) groups is 1. The maximum Gasteiger partial charge on any atom is 0.335 e. The average Bonchev–Trinajstić information content (AvgIpc) is 2.26. The number of nitrogens with one attached hydrogen (secondary N) is 1. The zero-order chi connectivity index (χ0) is 15.7. The molecule has 0 amide bonds. The average molecular weight is 282 g/mol. The molecule has 1 rings (SSSR count). The van der Waals surface area contributed by atoms with Gasteiger partial charge >= 0.3 is 5.97 Å². The molecule has 0 saturated carbocycles. The van der Waals surface area contributed by atoms with Gasteiger partial charge in [-0.15, -0.1) is 0 Å². The van der Waals surface area contributed by atoms with Crippen LogP contribution in [0.15, 0.2) is 18.2 Å². The number of nitro benzene ring substituents is 1. The first-order chi connectivity index (χ1) is 8.95. The van der Waals surface area contributed by atoms with Crippen LogP contribution in [0.3, 0.4) is 0 Å². The predicted molar refractivity (Wildman–Crippen MR) is 74.1 cm³/mol. The highest BCUT2D eigenvalue weighted by Gasteiger charge is 2.36. The number of aromatic carboxylic acids is 1. The van der Waals surface area contributed by atoms with Crippen molar-refractivity contribution in [2.24, 2.45) is 0 Å². The van der Waals surface area contributed by atoms with E-state index in [0.29, 0.717) is 0 Å². The summed E-state index contributed by atoms with van der Waals surface area (Å²) >= 11 is 0. The largest absolute Gasteiger partial charge is 0.478 e. The van der Waals surface area contributed by atoms with Crippen molar-refractivity contribution in [2.75, 3.05) is 5.32 Å². The molecule has 0 fully saturated rings. The van der Waals surface area contributed by atoms with Crippen LogP contribution in [0.1, 0.15) is 38.1 Å². The highest BCUT2D eigenvalue weighted by atomic mass is 16.6. The van der Waals surface area contributed by atoms with Crippen molar-refractivity contribution in [1.82, 2.24) is 0 Å². The Morgan fingerprint density at radius 1 is 1.30 bits per heavy atom. The first-order valence-electron chi connectivity index (χ1n) is 5.98. The highest BCUT2D eigenvalue weighted by Crippen LogP contribution is 2.32. The molecule has 0 saturated heterocycles. The molecule has 0 atom stereocenters. The maximum absolute atomic E-state index is 11.0. The third-order valence-electron chi connectivity index (χ3n) is 3.42. The Hall–Kier alpha value is -2.15. The number of nitro groups is 1. The van der Waals surface area contributed by atoms with Crippen LogP contribution in [0.5, 0.6) is 0 Å². The first kappa shape index (κ1) is 15.9. The molecule has 0 unspecified atom stereocenters. The van der Waals surface area contributed by atoms with E-state index in [1.54, 1.807) is 27.7 Å². The minimum Gasteiger partial charge on any atom is -0.478 e. The highest BCUT2D eigenvalue weighted by molar-refractivity contribution is 5.90. The number of benzene rings is 1. The molecule has 0 radical (unpaired) electrons. The third kappa shape index (κ3) is 3.24. The standard InChI is InChI=1S/C13H18N2O5/c1-12(2,13(3,4)18)14-9-7-8(11(16)17)5-6-10(9)15(19)20/h5-7,14,18H,1-4H3,(H,16,17). The lowest BCUT2D eigenvalue weighted by molar-refractivity contribution is -0.384.